The normalized spacial score (nSPS) is 27.1. The van der Waals surface area contributed by atoms with Crippen LogP contribution in [-0.2, 0) is 4.74 Å². The van der Waals surface area contributed by atoms with Gasteiger partial charge in [-0.3, -0.25) is 4.40 Å². The number of nitrogens with two attached hydrogens (primary N) is 1. The number of ether oxygens (including phenoxy) is 2. The highest BCUT2D eigenvalue weighted by Gasteiger charge is 2.41. The van der Waals surface area contributed by atoms with E-state index >= 15 is 0 Å². The molecule has 1 saturated carbocycles. The highest BCUT2D eigenvalue weighted by atomic mass is 16.5. The summed E-state index contributed by atoms with van der Waals surface area (Å²) in [6.45, 7) is 3.26. The number of nitrogens with zero attached hydrogens (tertiary/aromatic N) is 3. The van der Waals surface area contributed by atoms with Crippen molar-refractivity contribution < 1.29 is 14.6 Å². The number of fused-ring (bicyclic) bond motifs is 1. The van der Waals surface area contributed by atoms with Crippen molar-refractivity contribution in [2.45, 2.75) is 43.8 Å². The van der Waals surface area contributed by atoms with E-state index < -0.39 is 5.60 Å². The number of aliphatic hydroxyl groups is 1. The molecule has 7 nitrogen and oxygen atoms in total. The van der Waals surface area contributed by atoms with Gasteiger partial charge in [0.15, 0.2) is 0 Å². The van der Waals surface area contributed by atoms with Crippen molar-refractivity contribution >= 4 is 11.3 Å². The summed E-state index contributed by atoms with van der Waals surface area (Å²) in [4.78, 5) is 9.17. The molecule has 28 heavy (non-hydrogen) atoms. The van der Waals surface area contributed by atoms with Crippen LogP contribution in [0, 0.1) is 0 Å². The Labute approximate surface area is 163 Å². The van der Waals surface area contributed by atoms with Crippen molar-refractivity contribution in [3.8, 4) is 17.0 Å². The van der Waals surface area contributed by atoms with Gasteiger partial charge in [-0.15, -0.1) is 0 Å². The van der Waals surface area contributed by atoms with E-state index in [2.05, 4.69) is 4.98 Å². The van der Waals surface area contributed by atoms with Crippen molar-refractivity contribution in [3.63, 3.8) is 0 Å². The highest BCUT2D eigenvalue weighted by molar-refractivity contribution is 5.85. The third kappa shape index (κ3) is 3.00. The maximum atomic E-state index is 10.1. The second-order valence-corrected chi connectivity index (χ2v) is 8.08. The average Bonchev–Trinajstić information content (AvgIpc) is 3.29. The van der Waals surface area contributed by atoms with Crippen LogP contribution in [0.1, 0.15) is 37.9 Å². The van der Waals surface area contributed by atoms with Gasteiger partial charge in [-0.1, -0.05) is 0 Å². The molecule has 1 aliphatic carbocycles. The minimum absolute atomic E-state index is 0.122. The number of rotatable bonds is 4. The summed E-state index contributed by atoms with van der Waals surface area (Å²) in [7, 11) is 0. The SMILES string of the molecule is C[C@]1(O)C[C@@H](c2nc(-c3ccc(OC4CCOC4)cc3)c3c(N)nccn32)C1. The molecule has 2 aromatic heterocycles. The van der Waals surface area contributed by atoms with E-state index in [-0.39, 0.29) is 12.0 Å². The van der Waals surface area contributed by atoms with Crippen LogP contribution in [0.3, 0.4) is 0 Å². The first-order valence-electron chi connectivity index (χ1n) is 9.70. The minimum Gasteiger partial charge on any atom is -0.488 e. The Balaban J connectivity index is 1.50. The van der Waals surface area contributed by atoms with Crippen molar-refractivity contribution in [1.82, 2.24) is 14.4 Å². The average molecular weight is 380 g/mol. The van der Waals surface area contributed by atoms with E-state index in [1.54, 1.807) is 6.20 Å². The van der Waals surface area contributed by atoms with Gasteiger partial charge in [-0.25, -0.2) is 9.97 Å². The van der Waals surface area contributed by atoms with Crippen LogP contribution in [0.25, 0.3) is 16.8 Å². The topological polar surface area (TPSA) is 94.9 Å². The lowest BCUT2D eigenvalue weighted by Gasteiger charge is -2.40. The summed E-state index contributed by atoms with van der Waals surface area (Å²) in [6, 6.07) is 7.92. The molecule has 3 N–H and O–H groups in total. The standard InChI is InChI=1S/C21H24N4O3/c1-21(26)10-14(11-21)20-24-17(18-19(22)23-7-8-25(18)20)13-2-4-15(5-3-13)28-16-6-9-27-12-16/h2-5,7-8,14,16,26H,6,9-12H2,1H3,(H2,22,23)/t14-,16?,21+. The highest BCUT2D eigenvalue weighted by Crippen LogP contribution is 2.45. The van der Waals surface area contributed by atoms with E-state index in [0.717, 1.165) is 41.4 Å². The van der Waals surface area contributed by atoms with Gasteiger partial charge in [-0.05, 0) is 44.0 Å². The Kier molecular flexibility index (Phi) is 4.03. The Hall–Kier alpha value is -2.64. The lowest BCUT2D eigenvalue weighted by atomic mass is 9.72. The third-order valence-electron chi connectivity index (χ3n) is 5.67. The van der Waals surface area contributed by atoms with Gasteiger partial charge >= 0.3 is 0 Å². The van der Waals surface area contributed by atoms with Crippen LogP contribution >= 0.6 is 0 Å². The van der Waals surface area contributed by atoms with Crippen LogP contribution < -0.4 is 10.5 Å². The molecule has 5 rings (SSSR count). The fourth-order valence-electron chi connectivity index (χ4n) is 4.25. The van der Waals surface area contributed by atoms with E-state index in [9.17, 15) is 5.11 Å². The molecular weight excluding hydrogens is 356 g/mol. The molecule has 1 aromatic carbocycles. The lowest BCUT2D eigenvalue weighted by molar-refractivity contribution is -0.0335. The van der Waals surface area contributed by atoms with Crippen LogP contribution in [0.5, 0.6) is 5.75 Å². The van der Waals surface area contributed by atoms with Crippen molar-refractivity contribution in [2.24, 2.45) is 0 Å². The molecule has 7 heteroatoms. The first kappa shape index (κ1) is 17.5. The maximum Gasteiger partial charge on any atom is 0.150 e. The second-order valence-electron chi connectivity index (χ2n) is 8.08. The number of hydrogen-bond acceptors (Lipinski definition) is 6. The molecule has 0 amide bonds. The van der Waals surface area contributed by atoms with Crippen LogP contribution in [-0.4, -0.2) is 44.4 Å². The Bertz CT molecular complexity index is 998. The molecule has 0 radical (unpaired) electrons. The molecule has 1 saturated heterocycles. The van der Waals surface area contributed by atoms with Gasteiger partial charge in [0.2, 0.25) is 0 Å². The molecule has 1 atom stereocenters. The van der Waals surface area contributed by atoms with Crippen molar-refractivity contribution in [2.75, 3.05) is 18.9 Å². The van der Waals surface area contributed by atoms with Crippen molar-refractivity contribution in [3.05, 3.63) is 42.5 Å². The van der Waals surface area contributed by atoms with Gasteiger partial charge in [0, 0.05) is 30.3 Å². The summed E-state index contributed by atoms with van der Waals surface area (Å²) in [5.41, 5.74) is 8.16. The number of imidazole rings is 1. The monoisotopic (exact) mass is 380 g/mol. The van der Waals surface area contributed by atoms with Crippen LogP contribution in [0.2, 0.25) is 0 Å². The predicted molar refractivity (Wildman–Crippen MR) is 105 cm³/mol. The van der Waals surface area contributed by atoms with Crippen LogP contribution in [0.15, 0.2) is 36.7 Å². The summed E-state index contributed by atoms with van der Waals surface area (Å²) in [5.74, 6) is 2.41. The summed E-state index contributed by atoms with van der Waals surface area (Å²) in [5, 5.41) is 10.1. The largest absolute Gasteiger partial charge is 0.488 e. The second kappa shape index (κ2) is 6.46. The minimum atomic E-state index is -0.613. The molecule has 2 fully saturated rings. The first-order valence-corrected chi connectivity index (χ1v) is 9.70. The zero-order valence-electron chi connectivity index (χ0n) is 15.8. The third-order valence-corrected chi connectivity index (χ3v) is 5.67. The number of benzene rings is 1. The molecule has 0 bridgehead atoms. The molecule has 3 heterocycles. The zero-order valence-corrected chi connectivity index (χ0v) is 15.8. The summed E-state index contributed by atoms with van der Waals surface area (Å²) in [6.07, 6.45) is 6.02. The molecule has 1 unspecified atom stereocenters. The number of anilines is 1. The first-order chi connectivity index (χ1) is 13.5. The fraction of sp³-hybridized carbons (Fsp3) is 0.429. The van der Waals surface area contributed by atoms with E-state index in [4.69, 9.17) is 20.2 Å². The molecule has 2 aliphatic rings. The molecule has 0 spiro atoms. The number of hydrogen-bond donors (Lipinski definition) is 2. The Morgan fingerprint density at radius 2 is 2.07 bits per heavy atom. The van der Waals surface area contributed by atoms with Gasteiger partial charge in [0.25, 0.3) is 0 Å². The van der Waals surface area contributed by atoms with E-state index in [1.807, 2.05) is 41.8 Å². The summed E-state index contributed by atoms with van der Waals surface area (Å²) < 4.78 is 13.3. The van der Waals surface area contributed by atoms with Gasteiger partial charge in [0.1, 0.15) is 34.7 Å². The predicted octanol–water partition coefficient (Wildman–Crippen LogP) is 2.77. The lowest BCUT2D eigenvalue weighted by Crippen LogP contribution is -2.40. The Morgan fingerprint density at radius 3 is 2.75 bits per heavy atom. The van der Waals surface area contributed by atoms with Gasteiger partial charge < -0.3 is 20.3 Å². The molecule has 146 valence electrons. The maximum absolute atomic E-state index is 10.1. The fourth-order valence-corrected chi connectivity index (χ4v) is 4.25. The molecule has 1 aliphatic heterocycles. The van der Waals surface area contributed by atoms with E-state index in [1.165, 1.54) is 0 Å². The number of aromatic nitrogens is 3. The quantitative estimate of drug-likeness (QED) is 0.723. The zero-order chi connectivity index (χ0) is 19.3. The summed E-state index contributed by atoms with van der Waals surface area (Å²) >= 11 is 0. The molecule has 3 aromatic rings. The van der Waals surface area contributed by atoms with Gasteiger partial charge in [-0.2, -0.15) is 0 Å². The van der Waals surface area contributed by atoms with Gasteiger partial charge in [0.05, 0.1) is 18.8 Å². The smallest absolute Gasteiger partial charge is 0.150 e. The molecular formula is C21H24N4O3. The van der Waals surface area contributed by atoms with E-state index in [0.29, 0.717) is 25.3 Å². The number of nitrogen functional groups attached to an aromatic ring is 1. The Morgan fingerprint density at radius 1 is 1.29 bits per heavy atom. The van der Waals surface area contributed by atoms with Crippen LogP contribution in [0.4, 0.5) is 5.82 Å². The van der Waals surface area contributed by atoms with Crippen molar-refractivity contribution in [1.29, 1.82) is 0 Å².